The third-order valence-electron chi connectivity index (χ3n) is 4.39. The Morgan fingerprint density at radius 2 is 2.00 bits per heavy atom. The summed E-state index contributed by atoms with van der Waals surface area (Å²) >= 11 is 0. The molecule has 0 unspecified atom stereocenters. The standard InChI is InChI=1S/C22H26N4O2/c1-18-5-3-8-21(13-18)28-12-11-25(2)22(27)24-15-19-6-4-7-20(14-19)16-26-10-9-23-17-26/h3-10,13-14,17H,11-12,15-16H2,1-2H3,(H,24,27). The lowest BCUT2D eigenvalue weighted by Crippen LogP contribution is -2.39. The first kappa shape index (κ1) is 19.5. The van der Waals surface area contributed by atoms with Crippen LogP contribution in [0.2, 0.25) is 0 Å². The van der Waals surface area contributed by atoms with Gasteiger partial charge >= 0.3 is 6.03 Å². The predicted molar refractivity (Wildman–Crippen MR) is 109 cm³/mol. The molecule has 0 aliphatic heterocycles. The first-order valence-corrected chi connectivity index (χ1v) is 9.32. The van der Waals surface area contributed by atoms with Crippen LogP contribution in [0.1, 0.15) is 16.7 Å². The molecule has 0 bridgehead atoms. The number of likely N-dealkylation sites (N-methyl/N-ethyl adjacent to an activating group) is 1. The van der Waals surface area contributed by atoms with Crippen molar-refractivity contribution in [3.63, 3.8) is 0 Å². The average Bonchev–Trinajstić information content (AvgIpc) is 3.19. The van der Waals surface area contributed by atoms with Gasteiger partial charge in [0.15, 0.2) is 0 Å². The molecule has 0 saturated carbocycles. The van der Waals surface area contributed by atoms with Crippen LogP contribution in [0.15, 0.2) is 67.3 Å². The lowest BCUT2D eigenvalue weighted by molar-refractivity contribution is 0.195. The van der Waals surface area contributed by atoms with Gasteiger partial charge in [0.1, 0.15) is 12.4 Å². The van der Waals surface area contributed by atoms with Crippen LogP contribution in [0.4, 0.5) is 4.79 Å². The summed E-state index contributed by atoms with van der Waals surface area (Å²) in [5, 5.41) is 2.95. The summed E-state index contributed by atoms with van der Waals surface area (Å²) in [4.78, 5) is 18.0. The molecular weight excluding hydrogens is 352 g/mol. The van der Waals surface area contributed by atoms with Crippen molar-refractivity contribution < 1.29 is 9.53 Å². The topological polar surface area (TPSA) is 59.4 Å². The molecule has 28 heavy (non-hydrogen) atoms. The lowest BCUT2D eigenvalue weighted by atomic mass is 10.1. The molecule has 0 saturated heterocycles. The third-order valence-corrected chi connectivity index (χ3v) is 4.39. The fourth-order valence-electron chi connectivity index (χ4n) is 2.85. The minimum atomic E-state index is -0.118. The lowest BCUT2D eigenvalue weighted by Gasteiger charge is -2.18. The maximum Gasteiger partial charge on any atom is 0.317 e. The fourth-order valence-corrected chi connectivity index (χ4v) is 2.85. The van der Waals surface area contributed by atoms with Gasteiger partial charge in [-0.3, -0.25) is 0 Å². The summed E-state index contributed by atoms with van der Waals surface area (Å²) in [6, 6.07) is 16.0. The Balaban J connectivity index is 1.43. The van der Waals surface area contributed by atoms with Crippen molar-refractivity contribution in [1.82, 2.24) is 19.8 Å². The molecule has 6 nitrogen and oxygen atoms in total. The Morgan fingerprint density at radius 1 is 1.18 bits per heavy atom. The number of hydrogen-bond acceptors (Lipinski definition) is 3. The normalized spacial score (nSPS) is 10.5. The van der Waals surface area contributed by atoms with Gasteiger partial charge in [0.25, 0.3) is 0 Å². The van der Waals surface area contributed by atoms with Gasteiger partial charge in [-0.25, -0.2) is 9.78 Å². The van der Waals surface area contributed by atoms with E-state index in [1.807, 2.05) is 54.1 Å². The highest BCUT2D eigenvalue weighted by molar-refractivity contribution is 5.73. The van der Waals surface area contributed by atoms with Crippen LogP contribution in [0.3, 0.4) is 0 Å². The van der Waals surface area contributed by atoms with Crippen LogP contribution in [-0.4, -0.2) is 40.7 Å². The number of urea groups is 1. The molecule has 6 heteroatoms. The Morgan fingerprint density at radius 3 is 2.79 bits per heavy atom. The number of carbonyl (C=O) groups is 1. The molecule has 1 N–H and O–H groups in total. The molecule has 2 amide bonds. The zero-order chi connectivity index (χ0) is 19.8. The predicted octanol–water partition coefficient (Wildman–Crippen LogP) is 3.46. The first-order valence-electron chi connectivity index (χ1n) is 9.32. The van der Waals surface area contributed by atoms with E-state index in [1.54, 1.807) is 24.5 Å². The number of benzene rings is 2. The summed E-state index contributed by atoms with van der Waals surface area (Å²) in [7, 11) is 1.77. The molecule has 0 aliphatic carbocycles. The number of hydrogen-bond donors (Lipinski definition) is 1. The van der Waals surface area contributed by atoms with E-state index in [0.29, 0.717) is 19.7 Å². The molecule has 0 aliphatic rings. The molecule has 0 spiro atoms. The SMILES string of the molecule is Cc1cccc(OCCN(C)C(=O)NCc2cccc(Cn3ccnc3)c2)c1. The number of aromatic nitrogens is 2. The molecule has 0 radical (unpaired) electrons. The number of nitrogens with zero attached hydrogens (tertiary/aromatic N) is 3. The second kappa shape index (κ2) is 9.60. The quantitative estimate of drug-likeness (QED) is 0.653. The monoisotopic (exact) mass is 378 g/mol. The zero-order valence-electron chi connectivity index (χ0n) is 16.3. The van der Waals surface area contributed by atoms with E-state index in [4.69, 9.17) is 4.74 Å². The molecule has 146 valence electrons. The van der Waals surface area contributed by atoms with Crippen molar-refractivity contribution in [2.75, 3.05) is 20.2 Å². The molecular formula is C22H26N4O2. The van der Waals surface area contributed by atoms with E-state index in [9.17, 15) is 4.79 Å². The van der Waals surface area contributed by atoms with Crippen LogP contribution in [0.5, 0.6) is 5.75 Å². The summed E-state index contributed by atoms with van der Waals surface area (Å²) in [6.07, 6.45) is 5.49. The van der Waals surface area contributed by atoms with Gasteiger partial charge in [-0.2, -0.15) is 0 Å². The molecule has 0 atom stereocenters. The van der Waals surface area contributed by atoms with Gasteiger partial charge in [0, 0.05) is 32.5 Å². The van der Waals surface area contributed by atoms with E-state index >= 15 is 0 Å². The van der Waals surface area contributed by atoms with Crippen LogP contribution in [-0.2, 0) is 13.1 Å². The van der Waals surface area contributed by atoms with Gasteiger partial charge < -0.3 is 19.5 Å². The zero-order valence-corrected chi connectivity index (χ0v) is 16.3. The van der Waals surface area contributed by atoms with Crippen LogP contribution in [0.25, 0.3) is 0 Å². The van der Waals surface area contributed by atoms with E-state index in [2.05, 4.69) is 22.4 Å². The van der Waals surface area contributed by atoms with E-state index < -0.39 is 0 Å². The van der Waals surface area contributed by atoms with Crippen molar-refractivity contribution in [3.8, 4) is 5.75 Å². The fraction of sp³-hybridized carbons (Fsp3) is 0.273. The second-order valence-corrected chi connectivity index (χ2v) is 6.80. The van der Waals surface area contributed by atoms with Crippen molar-refractivity contribution in [2.45, 2.75) is 20.0 Å². The second-order valence-electron chi connectivity index (χ2n) is 6.80. The molecule has 3 rings (SSSR count). The highest BCUT2D eigenvalue weighted by Gasteiger charge is 2.08. The molecule has 0 fully saturated rings. The van der Waals surface area contributed by atoms with E-state index in [-0.39, 0.29) is 6.03 Å². The van der Waals surface area contributed by atoms with Crippen molar-refractivity contribution >= 4 is 6.03 Å². The number of rotatable bonds is 8. The Kier molecular flexibility index (Phi) is 6.68. The summed E-state index contributed by atoms with van der Waals surface area (Å²) in [6.45, 7) is 4.24. The first-order chi connectivity index (χ1) is 13.6. The number of imidazole rings is 1. The average molecular weight is 378 g/mol. The largest absolute Gasteiger partial charge is 0.492 e. The van der Waals surface area contributed by atoms with Gasteiger partial charge in [-0.1, -0.05) is 36.4 Å². The summed E-state index contributed by atoms with van der Waals surface area (Å²) < 4.78 is 7.72. The summed E-state index contributed by atoms with van der Waals surface area (Å²) in [5.74, 6) is 0.823. The number of aryl methyl sites for hydroxylation is 1. The van der Waals surface area contributed by atoms with Gasteiger partial charge in [-0.05, 0) is 35.7 Å². The van der Waals surface area contributed by atoms with Crippen LogP contribution >= 0.6 is 0 Å². The maximum atomic E-state index is 12.3. The van der Waals surface area contributed by atoms with Crippen molar-refractivity contribution in [2.24, 2.45) is 0 Å². The highest BCUT2D eigenvalue weighted by atomic mass is 16.5. The number of ether oxygens (including phenoxy) is 1. The molecule has 3 aromatic rings. The van der Waals surface area contributed by atoms with E-state index in [1.165, 1.54) is 5.56 Å². The smallest absolute Gasteiger partial charge is 0.317 e. The highest BCUT2D eigenvalue weighted by Crippen LogP contribution is 2.12. The van der Waals surface area contributed by atoms with Crippen LogP contribution in [0, 0.1) is 6.92 Å². The Labute approximate surface area is 165 Å². The number of carbonyl (C=O) groups excluding carboxylic acids is 1. The third kappa shape index (κ3) is 5.87. The maximum absolute atomic E-state index is 12.3. The summed E-state index contributed by atoms with van der Waals surface area (Å²) in [5.41, 5.74) is 3.39. The number of nitrogens with one attached hydrogen (secondary N) is 1. The van der Waals surface area contributed by atoms with Gasteiger partial charge in [-0.15, -0.1) is 0 Å². The molecule has 2 aromatic carbocycles. The molecule has 1 aromatic heterocycles. The van der Waals surface area contributed by atoms with Crippen molar-refractivity contribution in [1.29, 1.82) is 0 Å². The van der Waals surface area contributed by atoms with Crippen molar-refractivity contribution in [3.05, 3.63) is 83.9 Å². The molecule has 1 heterocycles. The van der Waals surface area contributed by atoms with Gasteiger partial charge in [0.2, 0.25) is 0 Å². The minimum Gasteiger partial charge on any atom is -0.492 e. The Hall–Kier alpha value is -3.28. The minimum absolute atomic E-state index is 0.118. The number of amides is 2. The van der Waals surface area contributed by atoms with Gasteiger partial charge in [0.05, 0.1) is 12.9 Å². The van der Waals surface area contributed by atoms with Crippen LogP contribution < -0.4 is 10.1 Å². The van der Waals surface area contributed by atoms with E-state index in [0.717, 1.165) is 23.4 Å². The Bertz CT molecular complexity index is 893.